The highest BCUT2D eigenvalue weighted by Crippen LogP contribution is 2.28. The molecule has 0 aliphatic rings. The van der Waals surface area contributed by atoms with Gasteiger partial charge in [0, 0.05) is 18.7 Å². The number of hydrogen-bond acceptors (Lipinski definition) is 11. The molecule has 15 heteroatoms. The fourth-order valence-corrected chi connectivity index (χ4v) is 6.79. The van der Waals surface area contributed by atoms with Gasteiger partial charge in [0.05, 0.1) is 28.7 Å². The van der Waals surface area contributed by atoms with Crippen LogP contribution in [0, 0.1) is 0 Å². The summed E-state index contributed by atoms with van der Waals surface area (Å²) < 4.78 is 37.0. The maximum Gasteiger partial charge on any atom is 0.265 e. The highest BCUT2D eigenvalue weighted by molar-refractivity contribution is 7.98. The van der Waals surface area contributed by atoms with Crippen LogP contribution in [0.4, 0.5) is 0 Å². The maximum absolute atomic E-state index is 13.4. The summed E-state index contributed by atoms with van der Waals surface area (Å²) in [6.45, 7) is 1.36. The molecular weight excluding hydrogens is 623 g/mol. The second-order valence-corrected chi connectivity index (χ2v) is 14.2. The first-order valence-corrected chi connectivity index (χ1v) is 17.2. The lowest BCUT2D eigenvalue weighted by Crippen LogP contribution is -2.35. The number of benzene rings is 2. The SMILES string of the molecule is CN(C)Cc1ccc(CSCCNC(=O)[C@H](Cc2ccccc2)n2cc(COc3ccc4nc(S(N)(=O)=O)sc4c3)nn2)o1. The number of nitrogens with two attached hydrogens (primary N) is 1. The summed E-state index contributed by atoms with van der Waals surface area (Å²) in [5.74, 6) is 3.66. The van der Waals surface area contributed by atoms with Crippen LogP contribution in [-0.2, 0) is 40.1 Å². The van der Waals surface area contributed by atoms with E-state index in [-0.39, 0.29) is 16.9 Å². The maximum atomic E-state index is 13.4. The molecule has 3 aromatic heterocycles. The van der Waals surface area contributed by atoms with Crippen LogP contribution in [0.15, 0.2) is 75.6 Å². The Morgan fingerprint density at radius 2 is 1.95 bits per heavy atom. The summed E-state index contributed by atoms with van der Waals surface area (Å²) in [4.78, 5) is 19.5. The lowest BCUT2D eigenvalue weighted by molar-refractivity contribution is -0.124. The van der Waals surface area contributed by atoms with Crippen molar-refractivity contribution in [2.45, 2.75) is 35.7 Å². The standard InChI is InChI=1S/C29H33N7O5S3/c1-35(2)17-23-8-9-24(41-23)19-42-13-12-31-28(37)26(14-20-6-4-3-5-7-20)36-16-21(33-34-36)18-40-22-10-11-25-27(15-22)43-29(32-25)44(30,38)39/h3-11,15-16,26H,12-14,17-19H2,1-2H3,(H,31,37)(H2,30,38,39)/t26-/m0/s1. The predicted octanol–water partition coefficient (Wildman–Crippen LogP) is 3.60. The van der Waals surface area contributed by atoms with Crippen LogP contribution in [0.5, 0.6) is 5.75 Å². The zero-order chi connectivity index (χ0) is 31.1. The fraction of sp³-hybridized carbons (Fsp3) is 0.310. The highest BCUT2D eigenvalue weighted by Gasteiger charge is 2.23. The zero-order valence-corrected chi connectivity index (χ0v) is 26.7. The molecule has 0 radical (unpaired) electrons. The minimum atomic E-state index is -3.88. The van der Waals surface area contributed by atoms with E-state index in [9.17, 15) is 13.2 Å². The van der Waals surface area contributed by atoms with E-state index < -0.39 is 16.1 Å². The summed E-state index contributed by atoms with van der Waals surface area (Å²) in [7, 11) is 0.116. The quantitative estimate of drug-likeness (QED) is 0.160. The van der Waals surface area contributed by atoms with E-state index in [2.05, 4.69) is 25.5 Å². The largest absolute Gasteiger partial charge is 0.487 e. The van der Waals surface area contributed by atoms with Crippen molar-refractivity contribution in [3.05, 3.63) is 89.6 Å². The van der Waals surface area contributed by atoms with Crippen molar-refractivity contribution >= 4 is 49.2 Å². The number of thioether (sulfide) groups is 1. The van der Waals surface area contributed by atoms with Gasteiger partial charge in [-0.2, -0.15) is 11.8 Å². The Morgan fingerprint density at radius 3 is 2.73 bits per heavy atom. The van der Waals surface area contributed by atoms with E-state index >= 15 is 0 Å². The number of furan rings is 1. The average Bonchev–Trinajstić information content (AvgIpc) is 3.74. The third kappa shape index (κ3) is 8.66. The van der Waals surface area contributed by atoms with Gasteiger partial charge in [-0.05, 0) is 50.0 Å². The second kappa shape index (κ2) is 14.3. The number of primary sulfonamides is 1. The molecule has 0 bridgehead atoms. The molecule has 0 spiro atoms. The molecule has 0 saturated heterocycles. The summed E-state index contributed by atoms with van der Waals surface area (Å²) in [5.41, 5.74) is 2.05. The summed E-state index contributed by atoms with van der Waals surface area (Å²) >= 11 is 2.67. The Balaban J connectivity index is 1.18. The van der Waals surface area contributed by atoms with Gasteiger partial charge >= 0.3 is 0 Å². The van der Waals surface area contributed by atoms with Crippen molar-refractivity contribution < 1.29 is 22.4 Å². The molecule has 3 N–H and O–H groups in total. The normalized spacial score (nSPS) is 12.5. The van der Waals surface area contributed by atoms with Gasteiger partial charge in [0.25, 0.3) is 10.0 Å². The third-order valence-corrected chi connectivity index (χ3v) is 9.72. The molecule has 0 saturated carbocycles. The van der Waals surface area contributed by atoms with Gasteiger partial charge in [-0.25, -0.2) is 23.2 Å². The Hall–Kier alpha value is -3.76. The molecular formula is C29H33N7O5S3. The zero-order valence-electron chi connectivity index (χ0n) is 24.3. The number of hydrogen-bond donors (Lipinski definition) is 2. The molecule has 0 aliphatic carbocycles. The molecule has 12 nitrogen and oxygen atoms in total. The summed E-state index contributed by atoms with van der Waals surface area (Å²) in [6, 6.07) is 18.2. The summed E-state index contributed by atoms with van der Waals surface area (Å²) in [5, 5.41) is 16.7. The highest BCUT2D eigenvalue weighted by atomic mass is 32.2. The van der Waals surface area contributed by atoms with Gasteiger partial charge in [0.2, 0.25) is 10.2 Å². The van der Waals surface area contributed by atoms with Crippen LogP contribution < -0.4 is 15.2 Å². The molecule has 0 fully saturated rings. The van der Waals surface area contributed by atoms with Gasteiger partial charge < -0.3 is 19.4 Å². The number of carbonyl (C=O) groups excluding carboxylic acids is 1. The molecule has 232 valence electrons. The van der Waals surface area contributed by atoms with Crippen LogP contribution in [-0.4, -0.2) is 65.6 Å². The van der Waals surface area contributed by atoms with Crippen molar-refractivity contribution in [1.82, 2.24) is 30.2 Å². The summed E-state index contributed by atoms with van der Waals surface area (Å²) in [6.07, 6.45) is 2.15. The first-order chi connectivity index (χ1) is 21.1. The van der Waals surface area contributed by atoms with Gasteiger partial charge in [-0.1, -0.05) is 35.5 Å². The molecule has 5 rings (SSSR count). The van der Waals surface area contributed by atoms with Crippen LogP contribution in [0.25, 0.3) is 10.2 Å². The number of sulfonamides is 1. The van der Waals surface area contributed by atoms with Gasteiger partial charge in [0.1, 0.15) is 35.6 Å². The lowest BCUT2D eigenvalue weighted by Gasteiger charge is -2.17. The number of amides is 1. The van der Waals surface area contributed by atoms with Gasteiger partial charge in [0.15, 0.2) is 0 Å². The monoisotopic (exact) mass is 655 g/mol. The first-order valence-electron chi connectivity index (χ1n) is 13.7. The van der Waals surface area contributed by atoms with Gasteiger partial charge in [-0.3, -0.25) is 4.79 Å². The molecule has 1 amide bonds. The number of thiazole rings is 1. The molecule has 0 unspecified atom stereocenters. The Morgan fingerprint density at radius 1 is 1.16 bits per heavy atom. The Kier molecular flexibility index (Phi) is 10.3. The van der Waals surface area contributed by atoms with E-state index in [1.54, 1.807) is 40.8 Å². The van der Waals surface area contributed by atoms with Crippen molar-refractivity contribution in [2.75, 3.05) is 26.4 Å². The lowest BCUT2D eigenvalue weighted by atomic mass is 10.1. The van der Waals surface area contributed by atoms with Crippen molar-refractivity contribution in [1.29, 1.82) is 0 Å². The fourth-order valence-electron chi connectivity index (χ4n) is 4.36. The molecule has 5 aromatic rings. The van der Waals surface area contributed by atoms with Crippen LogP contribution in [0.1, 0.15) is 28.8 Å². The van der Waals surface area contributed by atoms with Crippen molar-refractivity contribution in [3.63, 3.8) is 0 Å². The number of nitrogens with one attached hydrogen (secondary N) is 1. The number of rotatable bonds is 15. The van der Waals surface area contributed by atoms with E-state index in [1.165, 1.54) is 0 Å². The van der Waals surface area contributed by atoms with E-state index in [1.807, 2.05) is 56.6 Å². The van der Waals surface area contributed by atoms with Crippen LogP contribution in [0.2, 0.25) is 0 Å². The van der Waals surface area contributed by atoms with E-state index in [0.29, 0.717) is 34.6 Å². The number of aromatic nitrogens is 4. The number of fused-ring (bicyclic) bond motifs is 1. The minimum absolute atomic E-state index is 0.103. The van der Waals surface area contributed by atoms with Crippen molar-refractivity contribution in [3.8, 4) is 5.75 Å². The molecule has 1 atom stereocenters. The molecule has 0 aliphatic heterocycles. The number of ether oxygens (including phenoxy) is 1. The van der Waals surface area contributed by atoms with E-state index in [0.717, 1.165) is 46.5 Å². The smallest absolute Gasteiger partial charge is 0.265 e. The molecule has 2 aromatic carbocycles. The molecule has 3 heterocycles. The third-order valence-electron chi connectivity index (χ3n) is 6.40. The predicted molar refractivity (Wildman–Crippen MR) is 170 cm³/mol. The number of nitrogens with zero attached hydrogens (tertiary/aromatic N) is 5. The minimum Gasteiger partial charge on any atom is -0.487 e. The van der Waals surface area contributed by atoms with Crippen LogP contribution >= 0.6 is 23.1 Å². The topological polar surface area (TPSA) is 158 Å². The van der Waals surface area contributed by atoms with Crippen molar-refractivity contribution in [2.24, 2.45) is 5.14 Å². The number of carbonyl (C=O) groups is 1. The second-order valence-electron chi connectivity index (χ2n) is 10.3. The molecule has 44 heavy (non-hydrogen) atoms. The average molecular weight is 656 g/mol. The van der Waals surface area contributed by atoms with Crippen LogP contribution in [0.3, 0.4) is 0 Å². The Labute approximate surface area is 263 Å². The Bertz CT molecular complexity index is 1800. The first kappa shape index (κ1) is 31.7. The van der Waals surface area contributed by atoms with Gasteiger partial charge in [-0.15, -0.1) is 16.4 Å². The van der Waals surface area contributed by atoms with E-state index in [4.69, 9.17) is 14.3 Å².